The molecule has 1 aliphatic carbocycles. The number of hydrogen-bond donors (Lipinski definition) is 0. The van der Waals surface area contributed by atoms with Gasteiger partial charge >= 0.3 is 5.97 Å². The summed E-state index contributed by atoms with van der Waals surface area (Å²) in [6.45, 7) is 1.35. The van der Waals surface area contributed by atoms with Gasteiger partial charge in [-0.25, -0.2) is 0 Å². The van der Waals surface area contributed by atoms with E-state index in [1.807, 2.05) is 18.2 Å². The molecule has 0 bridgehead atoms. The standard InChI is InChI=1S/C18H24N2O4/c1-23-11-10-20(13-14-6-2-5-9-19-14)17(22)15-12-16(21)24-18(15)7-3-4-8-18/h2,5-6,9,15H,3-4,7-8,10-13H2,1H3/t15-/m1/s1. The molecule has 6 heteroatoms. The van der Waals surface area contributed by atoms with Gasteiger partial charge in [0.2, 0.25) is 5.91 Å². The average Bonchev–Trinajstić information content (AvgIpc) is 3.18. The lowest BCUT2D eigenvalue weighted by Crippen LogP contribution is -2.45. The largest absolute Gasteiger partial charge is 0.458 e. The summed E-state index contributed by atoms with van der Waals surface area (Å²) in [6.07, 6.45) is 5.50. The molecule has 1 amide bonds. The van der Waals surface area contributed by atoms with Gasteiger partial charge in [-0.1, -0.05) is 6.07 Å². The summed E-state index contributed by atoms with van der Waals surface area (Å²) in [5.74, 6) is -0.654. The fourth-order valence-corrected chi connectivity index (χ4v) is 3.80. The lowest BCUT2D eigenvalue weighted by Gasteiger charge is -2.32. The molecule has 1 aliphatic heterocycles. The van der Waals surface area contributed by atoms with Crippen molar-refractivity contribution < 1.29 is 19.1 Å². The zero-order valence-corrected chi connectivity index (χ0v) is 14.1. The molecular weight excluding hydrogens is 308 g/mol. The fraction of sp³-hybridized carbons (Fsp3) is 0.611. The summed E-state index contributed by atoms with van der Waals surface area (Å²) in [5.41, 5.74) is 0.247. The third kappa shape index (κ3) is 3.43. The van der Waals surface area contributed by atoms with Crippen molar-refractivity contribution in [3.8, 4) is 0 Å². The first-order valence-corrected chi connectivity index (χ1v) is 8.54. The van der Waals surface area contributed by atoms with Crippen molar-refractivity contribution >= 4 is 11.9 Å². The molecular formula is C18H24N2O4. The van der Waals surface area contributed by atoms with Crippen LogP contribution in [0.5, 0.6) is 0 Å². The highest BCUT2D eigenvalue weighted by Crippen LogP contribution is 2.46. The number of aromatic nitrogens is 1. The third-order valence-electron chi connectivity index (χ3n) is 5.03. The zero-order chi connectivity index (χ0) is 17.0. The van der Waals surface area contributed by atoms with Gasteiger partial charge < -0.3 is 14.4 Å². The Labute approximate surface area is 142 Å². The quantitative estimate of drug-likeness (QED) is 0.745. The minimum absolute atomic E-state index is 0.0227. The maximum atomic E-state index is 13.2. The second-order valence-electron chi connectivity index (χ2n) is 6.58. The summed E-state index contributed by atoms with van der Waals surface area (Å²) in [5, 5.41) is 0. The van der Waals surface area contributed by atoms with Crippen LogP contribution in [0.3, 0.4) is 0 Å². The van der Waals surface area contributed by atoms with E-state index in [-0.39, 0.29) is 24.2 Å². The molecule has 24 heavy (non-hydrogen) atoms. The first-order valence-electron chi connectivity index (χ1n) is 8.54. The van der Waals surface area contributed by atoms with Crippen molar-refractivity contribution in [1.82, 2.24) is 9.88 Å². The van der Waals surface area contributed by atoms with Gasteiger partial charge in [0.15, 0.2) is 0 Å². The van der Waals surface area contributed by atoms with Crippen molar-refractivity contribution in [3.05, 3.63) is 30.1 Å². The van der Waals surface area contributed by atoms with Gasteiger partial charge in [0, 0.05) is 19.9 Å². The number of ether oxygens (including phenoxy) is 2. The minimum atomic E-state index is -0.580. The van der Waals surface area contributed by atoms with Crippen molar-refractivity contribution in [2.45, 2.75) is 44.2 Å². The molecule has 1 aromatic heterocycles. The highest BCUT2D eigenvalue weighted by molar-refractivity contribution is 5.88. The molecule has 130 valence electrons. The van der Waals surface area contributed by atoms with Crippen LogP contribution in [0.1, 0.15) is 37.8 Å². The predicted molar refractivity (Wildman–Crippen MR) is 86.9 cm³/mol. The van der Waals surface area contributed by atoms with E-state index in [0.29, 0.717) is 19.7 Å². The number of hydrogen-bond acceptors (Lipinski definition) is 5. The maximum Gasteiger partial charge on any atom is 0.307 e. The Hall–Kier alpha value is -1.95. The number of carbonyl (C=O) groups is 2. The van der Waals surface area contributed by atoms with E-state index in [1.54, 1.807) is 18.2 Å². The normalized spacial score (nSPS) is 21.9. The van der Waals surface area contributed by atoms with E-state index < -0.39 is 5.60 Å². The van der Waals surface area contributed by atoms with Gasteiger partial charge in [-0.05, 0) is 37.8 Å². The molecule has 0 aromatic carbocycles. The van der Waals surface area contributed by atoms with Gasteiger partial charge in [-0.3, -0.25) is 14.6 Å². The van der Waals surface area contributed by atoms with Gasteiger partial charge in [0.1, 0.15) is 5.60 Å². The van der Waals surface area contributed by atoms with Crippen LogP contribution in [0.15, 0.2) is 24.4 Å². The number of amides is 1. The van der Waals surface area contributed by atoms with Crippen molar-refractivity contribution in [2.75, 3.05) is 20.3 Å². The average molecular weight is 332 g/mol. The number of nitrogens with zero attached hydrogens (tertiary/aromatic N) is 2. The van der Waals surface area contributed by atoms with Gasteiger partial charge in [0.05, 0.1) is 31.2 Å². The van der Waals surface area contributed by atoms with Crippen LogP contribution in [-0.2, 0) is 25.6 Å². The van der Waals surface area contributed by atoms with Crippen LogP contribution in [0.2, 0.25) is 0 Å². The summed E-state index contributed by atoms with van der Waals surface area (Å²) < 4.78 is 10.8. The molecule has 3 rings (SSSR count). The molecule has 2 aliphatic rings. The summed E-state index contributed by atoms with van der Waals surface area (Å²) in [7, 11) is 1.62. The van der Waals surface area contributed by atoms with Gasteiger partial charge in [-0.2, -0.15) is 0 Å². The SMILES string of the molecule is COCCN(Cc1ccccn1)C(=O)[C@H]1CC(=O)OC12CCCC2. The van der Waals surface area contributed by atoms with E-state index in [1.165, 1.54) is 0 Å². The van der Waals surface area contributed by atoms with E-state index in [2.05, 4.69) is 4.98 Å². The Bertz CT molecular complexity index is 584. The molecule has 1 aromatic rings. The number of methoxy groups -OCH3 is 1. The highest BCUT2D eigenvalue weighted by Gasteiger charge is 2.54. The second kappa shape index (κ2) is 7.30. The Morgan fingerprint density at radius 2 is 2.21 bits per heavy atom. The van der Waals surface area contributed by atoms with E-state index >= 15 is 0 Å². The summed E-state index contributed by atoms with van der Waals surface area (Å²) in [6, 6.07) is 5.65. The van der Waals surface area contributed by atoms with Crippen LogP contribution < -0.4 is 0 Å². The number of esters is 1. The third-order valence-corrected chi connectivity index (χ3v) is 5.03. The molecule has 0 N–H and O–H groups in total. The molecule has 0 radical (unpaired) electrons. The summed E-state index contributed by atoms with van der Waals surface area (Å²) in [4.78, 5) is 31.1. The molecule has 0 unspecified atom stereocenters. The first kappa shape index (κ1) is 16.9. The van der Waals surface area contributed by atoms with E-state index in [4.69, 9.17) is 9.47 Å². The zero-order valence-electron chi connectivity index (χ0n) is 14.1. The van der Waals surface area contributed by atoms with Crippen molar-refractivity contribution in [2.24, 2.45) is 5.92 Å². The molecule has 6 nitrogen and oxygen atoms in total. The van der Waals surface area contributed by atoms with E-state index in [9.17, 15) is 9.59 Å². The topological polar surface area (TPSA) is 68.7 Å². The maximum absolute atomic E-state index is 13.2. The fourth-order valence-electron chi connectivity index (χ4n) is 3.80. The van der Waals surface area contributed by atoms with Gasteiger partial charge in [0.25, 0.3) is 0 Å². The van der Waals surface area contributed by atoms with Crippen molar-refractivity contribution in [3.63, 3.8) is 0 Å². The Morgan fingerprint density at radius 3 is 2.88 bits per heavy atom. The molecule has 2 fully saturated rings. The number of carbonyl (C=O) groups excluding carboxylic acids is 2. The Kier molecular flexibility index (Phi) is 5.14. The van der Waals surface area contributed by atoms with Gasteiger partial charge in [-0.15, -0.1) is 0 Å². The molecule has 1 atom stereocenters. The van der Waals surface area contributed by atoms with E-state index in [0.717, 1.165) is 31.4 Å². The summed E-state index contributed by atoms with van der Waals surface area (Å²) >= 11 is 0. The Balaban J connectivity index is 1.78. The smallest absolute Gasteiger partial charge is 0.307 e. The monoisotopic (exact) mass is 332 g/mol. The van der Waals surface area contributed by atoms with Crippen LogP contribution in [0.4, 0.5) is 0 Å². The van der Waals surface area contributed by atoms with Crippen LogP contribution in [0, 0.1) is 5.92 Å². The lowest BCUT2D eigenvalue weighted by molar-refractivity contribution is -0.152. The first-order chi connectivity index (χ1) is 11.6. The lowest BCUT2D eigenvalue weighted by atomic mass is 9.84. The van der Waals surface area contributed by atoms with Crippen LogP contribution >= 0.6 is 0 Å². The van der Waals surface area contributed by atoms with Crippen LogP contribution in [0.25, 0.3) is 0 Å². The highest BCUT2D eigenvalue weighted by atomic mass is 16.6. The molecule has 1 saturated carbocycles. The second-order valence-corrected chi connectivity index (χ2v) is 6.58. The predicted octanol–water partition coefficient (Wildman–Crippen LogP) is 1.93. The molecule has 1 saturated heterocycles. The van der Waals surface area contributed by atoms with Crippen molar-refractivity contribution in [1.29, 1.82) is 0 Å². The Morgan fingerprint density at radius 1 is 1.42 bits per heavy atom. The molecule has 2 heterocycles. The van der Waals surface area contributed by atoms with Crippen LogP contribution in [-0.4, -0.2) is 47.6 Å². The molecule has 1 spiro atoms. The number of rotatable bonds is 6. The number of pyridine rings is 1. The minimum Gasteiger partial charge on any atom is -0.458 e.